The maximum atomic E-state index is 12.9. The van der Waals surface area contributed by atoms with Gasteiger partial charge in [-0.1, -0.05) is 32.1 Å². The Balaban J connectivity index is 1.43. The minimum Gasteiger partial charge on any atom is -0.482 e. The molecule has 2 aliphatic heterocycles. The fourth-order valence-electron chi connectivity index (χ4n) is 6.58. The van der Waals surface area contributed by atoms with Crippen LogP contribution < -0.4 is 20.2 Å². The molecule has 3 N–H and O–H groups in total. The molecular weight excluding hydrogens is 448 g/mol. The molecule has 1 spiro atoms. The third-order valence-corrected chi connectivity index (χ3v) is 7.99. The van der Waals surface area contributed by atoms with Crippen LogP contribution in [0.4, 0.5) is 4.79 Å². The van der Waals surface area contributed by atoms with Crippen molar-refractivity contribution in [3.8, 4) is 11.5 Å². The lowest BCUT2D eigenvalue weighted by Crippen LogP contribution is -2.64. The summed E-state index contributed by atoms with van der Waals surface area (Å²) in [6.45, 7) is 4.91. The molecular formula is C26H36N4O5. The molecule has 9 nitrogen and oxygen atoms in total. The molecule has 1 aromatic rings. The maximum Gasteiger partial charge on any atom is 0.413 e. The van der Waals surface area contributed by atoms with Crippen molar-refractivity contribution in [3.05, 3.63) is 35.4 Å². The number of nitrogens with zero attached hydrogens (tertiary/aromatic N) is 2. The Hall–Kier alpha value is -2.62. The normalized spacial score (nSPS) is 31.1. The van der Waals surface area contributed by atoms with Gasteiger partial charge in [0.15, 0.2) is 11.5 Å². The number of nitrogens with one attached hydrogen (secondary N) is 2. The summed E-state index contributed by atoms with van der Waals surface area (Å²) < 4.78 is 12.2. The minimum absolute atomic E-state index is 0.198. The van der Waals surface area contributed by atoms with Gasteiger partial charge in [0.25, 0.3) is 5.91 Å². The van der Waals surface area contributed by atoms with Crippen LogP contribution in [0, 0.1) is 11.8 Å². The van der Waals surface area contributed by atoms with E-state index >= 15 is 0 Å². The highest BCUT2D eigenvalue weighted by atomic mass is 16.6. The van der Waals surface area contributed by atoms with Crippen LogP contribution in [0.15, 0.2) is 24.3 Å². The number of ether oxygens (including phenoxy) is 2. The molecule has 190 valence electrons. The summed E-state index contributed by atoms with van der Waals surface area (Å²) in [6, 6.07) is 3.41. The van der Waals surface area contributed by atoms with E-state index in [-0.39, 0.29) is 23.2 Å². The number of rotatable bonds is 6. The number of hydrogen-bond donors (Lipinski definition) is 3. The fourth-order valence-corrected chi connectivity index (χ4v) is 6.58. The Labute approximate surface area is 206 Å². The molecule has 2 heterocycles. The molecule has 6 atom stereocenters. The molecule has 35 heavy (non-hydrogen) atoms. The number of piperidine rings is 1. The fraction of sp³-hybridized carbons (Fsp3) is 0.615. The third kappa shape index (κ3) is 3.90. The van der Waals surface area contributed by atoms with Gasteiger partial charge in [0.2, 0.25) is 0 Å². The van der Waals surface area contributed by atoms with Crippen molar-refractivity contribution in [3.63, 3.8) is 0 Å². The molecule has 3 unspecified atom stereocenters. The molecule has 2 amide bonds. The Morgan fingerprint density at radius 1 is 1.31 bits per heavy atom. The van der Waals surface area contributed by atoms with Gasteiger partial charge in [-0.2, -0.15) is 0 Å². The van der Waals surface area contributed by atoms with Crippen LogP contribution in [0.5, 0.6) is 11.5 Å². The van der Waals surface area contributed by atoms with Gasteiger partial charge in [-0.25, -0.2) is 9.80 Å². The lowest BCUT2D eigenvalue weighted by molar-refractivity contribution is -0.127. The van der Waals surface area contributed by atoms with Crippen LogP contribution in [-0.4, -0.2) is 79.0 Å². The summed E-state index contributed by atoms with van der Waals surface area (Å²) in [5.74, 6) is 1.01. The molecule has 1 fully saturated rings. The van der Waals surface area contributed by atoms with Gasteiger partial charge < -0.3 is 24.8 Å². The topological polar surface area (TPSA) is 103 Å². The summed E-state index contributed by atoms with van der Waals surface area (Å²) in [6.07, 6.45) is 4.40. The standard InChI is InChI=1S/C26H36N4O5/c1-14(2)12-17(24(32)28-29(3)4)27-25(33)34-20-9-6-15-13-18-16-7-8-19(31)23-26(16,10-11-30(18)5)21(15)22(20)35-23/h6-9,14,16-19,23,31H,10-13H2,1-5H3,(H,27,33)(H,28,32)/t16?,17?,18?,19-,23-,26-/m0/s1. The Morgan fingerprint density at radius 3 is 2.80 bits per heavy atom. The number of carbonyl (C=O) groups is 2. The summed E-state index contributed by atoms with van der Waals surface area (Å²) in [4.78, 5) is 28.0. The summed E-state index contributed by atoms with van der Waals surface area (Å²) >= 11 is 0. The lowest BCUT2D eigenvalue weighted by Gasteiger charge is -2.56. The number of likely N-dealkylation sites (tertiary alicyclic amines) is 1. The minimum atomic E-state index is -0.733. The first-order valence-corrected chi connectivity index (χ1v) is 12.5. The quantitative estimate of drug-likeness (QED) is 0.416. The highest BCUT2D eigenvalue weighted by Crippen LogP contribution is 2.62. The van der Waals surface area contributed by atoms with E-state index in [1.807, 2.05) is 26.0 Å². The smallest absolute Gasteiger partial charge is 0.413 e. The number of hydrazine groups is 1. The van der Waals surface area contributed by atoms with Crippen molar-refractivity contribution in [2.45, 2.75) is 62.8 Å². The van der Waals surface area contributed by atoms with E-state index in [0.717, 1.165) is 24.9 Å². The van der Waals surface area contributed by atoms with Crippen molar-refractivity contribution in [1.29, 1.82) is 0 Å². The average Bonchev–Trinajstić information content (AvgIpc) is 3.13. The molecule has 4 aliphatic rings. The van der Waals surface area contributed by atoms with Crippen LogP contribution in [0.1, 0.15) is 37.8 Å². The van der Waals surface area contributed by atoms with Gasteiger partial charge in [-0.05, 0) is 50.4 Å². The molecule has 0 aromatic heterocycles. The van der Waals surface area contributed by atoms with Crippen LogP contribution in [0.3, 0.4) is 0 Å². The second kappa shape index (κ2) is 8.80. The number of hydrogen-bond acceptors (Lipinski definition) is 7. The first kappa shape index (κ1) is 24.1. The van der Waals surface area contributed by atoms with E-state index in [9.17, 15) is 14.7 Å². The Morgan fingerprint density at radius 2 is 2.09 bits per heavy atom. The van der Waals surface area contributed by atoms with E-state index in [0.29, 0.717) is 24.0 Å². The number of carbonyl (C=O) groups excluding carboxylic acids is 2. The van der Waals surface area contributed by atoms with Gasteiger partial charge in [0.05, 0.1) is 0 Å². The zero-order chi connectivity index (χ0) is 25.1. The molecule has 0 saturated carbocycles. The SMILES string of the molecule is CC(C)CC(NC(=O)Oc1ccc2c3c1O[C@H]1[C@@H](O)C=CC4C(C2)N(C)CC[C@@]341)C(=O)NN(C)C. The largest absolute Gasteiger partial charge is 0.482 e. The van der Waals surface area contributed by atoms with Crippen molar-refractivity contribution in [2.75, 3.05) is 27.7 Å². The molecule has 2 bridgehead atoms. The van der Waals surface area contributed by atoms with Gasteiger partial charge in [0, 0.05) is 37.0 Å². The zero-order valence-corrected chi connectivity index (χ0v) is 21.1. The number of aliphatic hydroxyl groups excluding tert-OH is 1. The second-order valence-corrected chi connectivity index (χ2v) is 11.0. The number of likely N-dealkylation sites (N-methyl/N-ethyl adjacent to an activating group) is 1. The number of benzene rings is 1. The van der Waals surface area contributed by atoms with Crippen LogP contribution >= 0.6 is 0 Å². The van der Waals surface area contributed by atoms with E-state index in [4.69, 9.17) is 9.47 Å². The Bertz CT molecular complexity index is 1060. The molecule has 1 saturated heterocycles. The Kier molecular flexibility index (Phi) is 6.05. The average molecular weight is 485 g/mol. The van der Waals surface area contributed by atoms with Crippen LogP contribution in [-0.2, 0) is 16.6 Å². The van der Waals surface area contributed by atoms with Gasteiger partial charge >= 0.3 is 6.09 Å². The van der Waals surface area contributed by atoms with Gasteiger partial charge in [-0.3, -0.25) is 10.2 Å². The van der Waals surface area contributed by atoms with Gasteiger partial charge in [0.1, 0.15) is 18.2 Å². The van der Waals surface area contributed by atoms with Crippen molar-refractivity contribution in [2.24, 2.45) is 11.8 Å². The monoisotopic (exact) mass is 484 g/mol. The molecule has 2 aliphatic carbocycles. The maximum absolute atomic E-state index is 12.9. The van der Waals surface area contributed by atoms with E-state index in [1.54, 1.807) is 25.2 Å². The highest BCUT2D eigenvalue weighted by Gasteiger charge is 2.64. The van der Waals surface area contributed by atoms with Crippen molar-refractivity contribution >= 4 is 12.0 Å². The predicted octanol–water partition coefficient (Wildman–Crippen LogP) is 1.59. The number of amides is 2. The molecule has 1 aromatic carbocycles. The second-order valence-electron chi connectivity index (χ2n) is 11.0. The zero-order valence-electron chi connectivity index (χ0n) is 21.1. The molecule has 5 rings (SSSR count). The van der Waals surface area contributed by atoms with E-state index in [1.165, 1.54) is 5.56 Å². The van der Waals surface area contributed by atoms with Crippen molar-refractivity contribution in [1.82, 2.24) is 20.7 Å². The van der Waals surface area contributed by atoms with Crippen molar-refractivity contribution < 1.29 is 24.2 Å². The summed E-state index contributed by atoms with van der Waals surface area (Å²) in [7, 11) is 5.60. The van der Waals surface area contributed by atoms with E-state index in [2.05, 4.69) is 28.8 Å². The third-order valence-electron chi connectivity index (χ3n) is 7.99. The molecule has 9 heteroatoms. The van der Waals surface area contributed by atoms with Crippen LogP contribution in [0.2, 0.25) is 0 Å². The van der Waals surface area contributed by atoms with Crippen LogP contribution in [0.25, 0.3) is 0 Å². The predicted molar refractivity (Wildman–Crippen MR) is 130 cm³/mol. The van der Waals surface area contributed by atoms with Gasteiger partial charge in [-0.15, -0.1) is 0 Å². The lowest BCUT2D eigenvalue weighted by atomic mass is 9.53. The van der Waals surface area contributed by atoms with E-state index < -0.39 is 24.3 Å². The number of aliphatic hydroxyl groups is 1. The highest BCUT2D eigenvalue weighted by molar-refractivity contribution is 5.86. The first-order valence-electron chi connectivity index (χ1n) is 12.5. The first-order chi connectivity index (χ1) is 16.6. The summed E-state index contributed by atoms with van der Waals surface area (Å²) in [5, 5.41) is 15.1. The molecule has 0 radical (unpaired) electrons. The summed E-state index contributed by atoms with van der Waals surface area (Å²) in [5.41, 5.74) is 4.65.